The molecule has 0 aromatic heterocycles. The molecule has 0 bridgehead atoms. The Bertz CT molecular complexity index is 509. The van der Waals surface area contributed by atoms with Crippen LogP contribution in [0.25, 0.3) is 0 Å². The number of carboxylic acids is 1. The fraction of sp³-hybridized carbons (Fsp3) is 0.385. The summed E-state index contributed by atoms with van der Waals surface area (Å²) in [5.74, 6) is -1.46. The SMILES string of the molecule is CC(C)(C)C(NC(=O)c1ccc(Br)cc1Br)C(=O)O. The van der Waals surface area contributed by atoms with E-state index in [1.54, 1.807) is 39.0 Å². The van der Waals surface area contributed by atoms with Gasteiger partial charge in [-0.2, -0.15) is 0 Å². The van der Waals surface area contributed by atoms with E-state index in [0.29, 0.717) is 10.0 Å². The zero-order valence-electron chi connectivity index (χ0n) is 10.8. The Morgan fingerprint density at radius 3 is 2.26 bits per heavy atom. The topological polar surface area (TPSA) is 66.4 Å². The number of benzene rings is 1. The van der Waals surface area contributed by atoms with Crippen molar-refractivity contribution in [2.75, 3.05) is 0 Å². The van der Waals surface area contributed by atoms with Gasteiger partial charge in [0.2, 0.25) is 0 Å². The largest absolute Gasteiger partial charge is 0.480 e. The van der Waals surface area contributed by atoms with E-state index >= 15 is 0 Å². The molecule has 104 valence electrons. The molecule has 6 heteroatoms. The van der Waals surface area contributed by atoms with Gasteiger partial charge in [-0.1, -0.05) is 36.7 Å². The number of carboxylic acid groups (broad SMARTS) is 1. The molecule has 0 aliphatic heterocycles. The number of nitrogens with one attached hydrogen (secondary N) is 1. The van der Waals surface area contributed by atoms with E-state index < -0.39 is 23.3 Å². The molecule has 1 unspecified atom stereocenters. The van der Waals surface area contributed by atoms with Crippen LogP contribution in [0.5, 0.6) is 0 Å². The maximum absolute atomic E-state index is 12.1. The smallest absolute Gasteiger partial charge is 0.326 e. The average Bonchev–Trinajstić information content (AvgIpc) is 2.23. The molecule has 1 amide bonds. The number of halogens is 2. The van der Waals surface area contributed by atoms with Gasteiger partial charge in [0.25, 0.3) is 5.91 Å². The number of carbonyl (C=O) groups is 2. The first-order valence-electron chi connectivity index (χ1n) is 5.61. The minimum absolute atomic E-state index is 0.402. The Morgan fingerprint density at radius 2 is 1.84 bits per heavy atom. The van der Waals surface area contributed by atoms with Gasteiger partial charge in [0.05, 0.1) is 5.56 Å². The van der Waals surface area contributed by atoms with Gasteiger partial charge in [0, 0.05) is 8.95 Å². The highest BCUT2D eigenvalue weighted by Gasteiger charge is 2.33. The van der Waals surface area contributed by atoms with Crippen LogP contribution in [0.3, 0.4) is 0 Å². The van der Waals surface area contributed by atoms with Gasteiger partial charge in [-0.3, -0.25) is 4.79 Å². The second kappa shape index (κ2) is 6.05. The number of amides is 1. The highest BCUT2D eigenvalue weighted by atomic mass is 79.9. The predicted molar refractivity (Wildman–Crippen MR) is 80.2 cm³/mol. The Hall–Kier alpha value is -0.880. The summed E-state index contributed by atoms with van der Waals surface area (Å²) in [5.41, 5.74) is -0.165. The van der Waals surface area contributed by atoms with Crippen molar-refractivity contribution in [3.63, 3.8) is 0 Å². The molecule has 19 heavy (non-hydrogen) atoms. The molecule has 1 rings (SSSR count). The van der Waals surface area contributed by atoms with Crippen molar-refractivity contribution in [3.05, 3.63) is 32.7 Å². The summed E-state index contributed by atoms with van der Waals surface area (Å²) >= 11 is 6.58. The van der Waals surface area contributed by atoms with E-state index in [0.717, 1.165) is 4.47 Å². The lowest BCUT2D eigenvalue weighted by Crippen LogP contribution is -2.49. The Balaban J connectivity index is 2.98. The third kappa shape index (κ3) is 4.31. The Morgan fingerprint density at radius 1 is 1.26 bits per heavy atom. The number of hydrogen-bond acceptors (Lipinski definition) is 2. The number of carbonyl (C=O) groups excluding carboxylic acids is 1. The minimum Gasteiger partial charge on any atom is -0.480 e. The second-order valence-corrected chi connectivity index (χ2v) is 7.00. The molecule has 0 radical (unpaired) electrons. The minimum atomic E-state index is -1.05. The molecular formula is C13H15Br2NO3. The van der Waals surface area contributed by atoms with Gasteiger partial charge in [0.15, 0.2) is 0 Å². The quantitative estimate of drug-likeness (QED) is 0.827. The first kappa shape index (κ1) is 16.2. The van der Waals surface area contributed by atoms with Crippen LogP contribution in [0.4, 0.5) is 0 Å². The average molecular weight is 393 g/mol. The van der Waals surface area contributed by atoms with Crippen LogP contribution >= 0.6 is 31.9 Å². The van der Waals surface area contributed by atoms with E-state index in [2.05, 4.69) is 37.2 Å². The zero-order chi connectivity index (χ0) is 14.8. The molecule has 1 aromatic rings. The molecule has 0 fully saturated rings. The Labute approximate surface area is 128 Å². The molecule has 0 spiro atoms. The van der Waals surface area contributed by atoms with Gasteiger partial charge in [0.1, 0.15) is 6.04 Å². The molecule has 0 saturated heterocycles. The number of hydrogen-bond donors (Lipinski definition) is 2. The Kier molecular flexibility index (Phi) is 5.15. The van der Waals surface area contributed by atoms with Crippen molar-refractivity contribution >= 4 is 43.7 Å². The highest BCUT2D eigenvalue weighted by Crippen LogP contribution is 2.24. The molecule has 0 saturated carbocycles. The van der Waals surface area contributed by atoms with Gasteiger partial charge in [-0.25, -0.2) is 4.79 Å². The van der Waals surface area contributed by atoms with E-state index in [1.807, 2.05) is 0 Å². The fourth-order valence-corrected chi connectivity index (χ4v) is 2.76. The maximum Gasteiger partial charge on any atom is 0.326 e. The molecule has 0 heterocycles. The third-order valence-electron chi connectivity index (χ3n) is 2.56. The van der Waals surface area contributed by atoms with Crippen LogP contribution < -0.4 is 5.32 Å². The van der Waals surface area contributed by atoms with Crippen LogP contribution in [-0.4, -0.2) is 23.0 Å². The van der Waals surface area contributed by atoms with Crippen molar-refractivity contribution in [3.8, 4) is 0 Å². The molecule has 1 aromatic carbocycles. The van der Waals surface area contributed by atoms with Gasteiger partial charge in [-0.15, -0.1) is 0 Å². The summed E-state index contributed by atoms with van der Waals surface area (Å²) < 4.78 is 1.44. The van der Waals surface area contributed by atoms with E-state index in [4.69, 9.17) is 0 Å². The molecule has 0 aliphatic rings. The van der Waals surface area contributed by atoms with Crippen LogP contribution in [-0.2, 0) is 4.79 Å². The summed E-state index contributed by atoms with van der Waals surface area (Å²) in [5, 5.41) is 11.7. The van der Waals surface area contributed by atoms with Crippen molar-refractivity contribution in [2.24, 2.45) is 5.41 Å². The van der Waals surface area contributed by atoms with E-state index in [9.17, 15) is 14.7 Å². The van der Waals surface area contributed by atoms with Crippen LogP contribution in [0.1, 0.15) is 31.1 Å². The second-order valence-electron chi connectivity index (χ2n) is 5.23. The lowest BCUT2D eigenvalue weighted by Gasteiger charge is -2.27. The summed E-state index contributed by atoms with van der Waals surface area (Å²) in [6, 6.07) is 4.15. The van der Waals surface area contributed by atoms with Crippen LogP contribution in [0.2, 0.25) is 0 Å². The fourth-order valence-electron chi connectivity index (χ4n) is 1.53. The molecular weight excluding hydrogens is 378 g/mol. The lowest BCUT2D eigenvalue weighted by molar-refractivity contribution is -0.142. The third-order valence-corrected chi connectivity index (χ3v) is 3.71. The first-order valence-corrected chi connectivity index (χ1v) is 7.20. The molecule has 2 N–H and O–H groups in total. The highest BCUT2D eigenvalue weighted by molar-refractivity contribution is 9.11. The van der Waals surface area contributed by atoms with Gasteiger partial charge >= 0.3 is 5.97 Å². The van der Waals surface area contributed by atoms with Gasteiger partial charge < -0.3 is 10.4 Å². The van der Waals surface area contributed by atoms with Crippen molar-refractivity contribution in [1.29, 1.82) is 0 Å². The monoisotopic (exact) mass is 391 g/mol. The first-order chi connectivity index (χ1) is 8.62. The number of rotatable bonds is 3. The summed E-state index contributed by atoms with van der Waals surface area (Å²) in [4.78, 5) is 23.3. The molecule has 1 atom stereocenters. The maximum atomic E-state index is 12.1. The van der Waals surface area contributed by atoms with Crippen LogP contribution in [0, 0.1) is 5.41 Å². The zero-order valence-corrected chi connectivity index (χ0v) is 14.0. The normalized spacial score (nSPS) is 12.9. The predicted octanol–water partition coefficient (Wildman–Crippen LogP) is 3.44. The van der Waals surface area contributed by atoms with Gasteiger partial charge in [-0.05, 0) is 39.5 Å². The lowest BCUT2D eigenvalue weighted by atomic mass is 9.86. The summed E-state index contributed by atoms with van der Waals surface area (Å²) in [6.07, 6.45) is 0. The van der Waals surface area contributed by atoms with Crippen molar-refractivity contribution < 1.29 is 14.7 Å². The van der Waals surface area contributed by atoms with E-state index in [1.165, 1.54) is 0 Å². The molecule has 4 nitrogen and oxygen atoms in total. The standard InChI is InChI=1S/C13H15Br2NO3/c1-13(2,3)10(12(18)19)16-11(17)8-5-4-7(14)6-9(8)15/h4-6,10H,1-3H3,(H,16,17)(H,18,19). The summed E-state index contributed by atoms with van der Waals surface area (Å²) in [6.45, 7) is 5.30. The van der Waals surface area contributed by atoms with Crippen molar-refractivity contribution in [2.45, 2.75) is 26.8 Å². The summed E-state index contributed by atoms with van der Waals surface area (Å²) in [7, 11) is 0. The van der Waals surface area contributed by atoms with Crippen LogP contribution in [0.15, 0.2) is 27.1 Å². The van der Waals surface area contributed by atoms with Crippen molar-refractivity contribution in [1.82, 2.24) is 5.32 Å². The van der Waals surface area contributed by atoms with E-state index in [-0.39, 0.29) is 0 Å². The molecule has 0 aliphatic carbocycles. The number of aliphatic carboxylic acids is 1.